The fraction of sp³-hybridized carbons (Fsp3) is 0.286. The summed E-state index contributed by atoms with van der Waals surface area (Å²) in [7, 11) is 0. The largest absolute Gasteiger partial charge is 0.492 e. The molecule has 19 heavy (non-hydrogen) atoms. The lowest BCUT2D eigenvalue weighted by Crippen LogP contribution is -2.23. The first kappa shape index (κ1) is 14.3. The van der Waals surface area contributed by atoms with Gasteiger partial charge in [0.05, 0.1) is 5.02 Å². The van der Waals surface area contributed by atoms with Gasteiger partial charge in [0, 0.05) is 23.5 Å². The fourth-order valence-electron chi connectivity index (χ4n) is 1.65. The van der Waals surface area contributed by atoms with Crippen LogP contribution >= 0.6 is 22.9 Å². The minimum absolute atomic E-state index is 0.0809. The van der Waals surface area contributed by atoms with Crippen LogP contribution in [0.15, 0.2) is 35.7 Å². The number of halogens is 2. The Balaban J connectivity index is 1.73. The lowest BCUT2D eigenvalue weighted by Gasteiger charge is -2.12. The molecule has 2 nitrogen and oxygen atoms in total. The summed E-state index contributed by atoms with van der Waals surface area (Å²) in [4.78, 5) is 1.30. The average molecular weight is 300 g/mol. The van der Waals surface area contributed by atoms with Crippen molar-refractivity contribution in [2.75, 3.05) is 13.2 Å². The third kappa shape index (κ3) is 4.20. The molecule has 5 heteroatoms. The molecule has 0 bridgehead atoms. The second kappa shape index (κ2) is 6.89. The number of thiophene rings is 1. The summed E-state index contributed by atoms with van der Waals surface area (Å²) in [6.45, 7) is 3.34. The van der Waals surface area contributed by atoms with Gasteiger partial charge >= 0.3 is 0 Å². The first-order valence-corrected chi connectivity index (χ1v) is 7.27. The average Bonchev–Trinajstić information content (AvgIpc) is 2.92. The quantitative estimate of drug-likeness (QED) is 0.804. The summed E-state index contributed by atoms with van der Waals surface area (Å²) in [6, 6.07) is 8.81. The number of rotatable bonds is 6. The Bertz CT molecular complexity index is 518. The highest BCUT2D eigenvalue weighted by Crippen LogP contribution is 2.21. The van der Waals surface area contributed by atoms with E-state index >= 15 is 0 Å². The Morgan fingerprint density at radius 2 is 2.26 bits per heavy atom. The summed E-state index contributed by atoms with van der Waals surface area (Å²) in [5, 5.41) is 5.50. The van der Waals surface area contributed by atoms with Crippen LogP contribution in [-0.2, 0) is 0 Å². The fourth-order valence-corrected chi connectivity index (χ4v) is 2.58. The maximum Gasteiger partial charge on any atom is 0.142 e. The lowest BCUT2D eigenvalue weighted by molar-refractivity contribution is 0.307. The first-order chi connectivity index (χ1) is 9.16. The van der Waals surface area contributed by atoms with E-state index in [1.165, 1.54) is 17.0 Å². The molecule has 0 saturated heterocycles. The molecule has 0 fully saturated rings. The molecular formula is C14H15ClFNOS. The molecule has 1 N–H and O–H groups in total. The van der Waals surface area contributed by atoms with Crippen LogP contribution in [0.1, 0.15) is 17.8 Å². The van der Waals surface area contributed by atoms with Crippen LogP contribution in [0.25, 0.3) is 0 Å². The van der Waals surface area contributed by atoms with Gasteiger partial charge in [0.2, 0.25) is 0 Å². The van der Waals surface area contributed by atoms with Gasteiger partial charge in [-0.1, -0.05) is 17.7 Å². The van der Waals surface area contributed by atoms with Gasteiger partial charge in [0.1, 0.15) is 18.2 Å². The maximum absolute atomic E-state index is 13.0. The molecule has 0 amide bonds. The van der Waals surface area contributed by atoms with Crippen molar-refractivity contribution in [2.45, 2.75) is 13.0 Å². The molecule has 1 heterocycles. The summed E-state index contributed by atoms with van der Waals surface area (Å²) in [6.07, 6.45) is 0. The number of hydrogen-bond donors (Lipinski definition) is 1. The van der Waals surface area contributed by atoms with E-state index in [-0.39, 0.29) is 5.02 Å². The van der Waals surface area contributed by atoms with Crippen molar-refractivity contribution in [3.05, 3.63) is 51.4 Å². The van der Waals surface area contributed by atoms with Crippen LogP contribution in [0.3, 0.4) is 0 Å². The lowest BCUT2D eigenvalue weighted by atomic mass is 10.3. The molecule has 1 aromatic carbocycles. The van der Waals surface area contributed by atoms with Gasteiger partial charge in [0.15, 0.2) is 0 Å². The van der Waals surface area contributed by atoms with E-state index in [9.17, 15) is 4.39 Å². The summed E-state index contributed by atoms with van der Waals surface area (Å²) in [5.74, 6) is 0.149. The molecule has 0 saturated carbocycles. The standard InChI is InChI=1S/C14H15ClFNOS/c1-10(14-3-2-8-19-14)17-6-7-18-11-4-5-13(16)12(15)9-11/h2-5,8-10,17H,6-7H2,1H3. The van der Waals surface area contributed by atoms with Crippen LogP contribution in [0.4, 0.5) is 4.39 Å². The van der Waals surface area contributed by atoms with Crippen LogP contribution in [0.2, 0.25) is 5.02 Å². The van der Waals surface area contributed by atoms with Gasteiger partial charge in [-0.2, -0.15) is 0 Å². The van der Waals surface area contributed by atoms with Crippen molar-refractivity contribution in [3.63, 3.8) is 0 Å². The Hall–Kier alpha value is -1.10. The third-order valence-corrected chi connectivity index (χ3v) is 4.03. The zero-order valence-electron chi connectivity index (χ0n) is 10.5. The molecular weight excluding hydrogens is 285 g/mol. The molecule has 1 atom stereocenters. The molecule has 1 aromatic heterocycles. The Labute approximate surface area is 121 Å². The van der Waals surface area contributed by atoms with Crippen molar-refractivity contribution < 1.29 is 9.13 Å². The van der Waals surface area contributed by atoms with Gasteiger partial charge in [-0.05, 0) is 30.5 Å². The van der Waals surface area contributed by atoms with Crippen molar-refractivity contribution in [1.29, 1.82) is 0 Å². The summed E-state index contributed by atoms with van der Waals surface area (Å²) < 4.78 is 18.5. The summed E-state index contributed by atoms with van der Waals surface area (Å²) in [5.41, 5.74) is 0. The topological polar surface area (TPSA) is 21.3 Å². The maximum atomic E-state index is 13.0. The van der Waals surface area contributed by atoms with Gasteiger partial charge in [0.25, 0.3) is 0 Å². The molecule has 0 aliphatic carbocycles. The van der Waals surface area contributed by atoms with E-state index in [4.69, 9.17) is 16.3 Å². The van der Waals surface area contributed by atoms with E-state index in [2.05, 4.69) is 23.7 Å². The van der Waals surface area contributed by atoms with Crippen LogP contribution in [0.5, 0.6) is 5.75 Å². The Kier molecular flexibility index (Phi) is 5.19. The molecule has 1 unspecified atom stereocenters. The van der Waals surface area contributed by atoms with E-state index < -0.39 is 5.82 Å². The van der Waals surface area contributed by atoms with E-state index in [1.54, 1.807) is 17.4 Å². The number of benzene rings is 1. The highest BCUT2D eigenvalue weighted by atomic mass is 35.5. The Morgan fingerprint density at radius 1 is 1.42 bits per heavy atom. The smallest absolute Gasteiger partial charge is 0.142 e. The van der Waals surface area contributed by atoms with E-state index in [0.717, 1.165) is 0 Å². The van der Waals surface area contributed by atoms with Crippen molar-refractivity contribution in [2.24, 2.45) is 0 Å². The highest BCUT2D eigenvalue weighted by Gasteiger charge is 2.05. The summed E-state index contributed by atoms with van der Waals surface area (Å²) >= 11 is 7.40. The van der Waals surface area contributed by atoms with Crippen molar-refractivity contribution >= 4 is 22.9 Å². The normalized spacial score (nSPS) is 12.4. The van der Waals surface area contributed by atoms with Crippen LogP contribution < -0.4 is 10.1 Å². The Morgan fingerprint density at radius 3 is 2.95 bits per heavy atom. The molecule has 0 aliphatic heterocycles. The number of nitrogens with one attached hydrogen (secondary N) is 1. The minimum atomic E-state index is -0.432. The predicted octanol–water partition coefficient (Wildman–Crippen LogP) is 4.27. The molecule has 102 valence electrons. The molecule has 2 aromatic rings. The zero-order valence-corrected chi connectivity index (χ0v) is 12.1. The second-order valence-corrected chi connectivity index (χ2v) is 5.50. The first-order valence-electron chi connectivity index (χ1n) is 6.01. The molecule has 0 radical (unpaired) electrons. The van der Waals surface area contributed by atoms with Crippen molar-refractivity contribution in [3.8, 4) is 5.75 Å². The second-order valence-electron chi connectivity index (χ2n) is 4.12. The van der Waals surface area contributed by atoms with E-state index in [0.29, 0.717) is 24.9 Å². The van der Waals surface area contributed by atoms with Gasteiger partial charge in [-0.25, -0.2) is 4.39 Å². The van der Waals surface area contributed by atoms with Crippen LogP contribution in [-0.4, -0.2) is 13.2 Å². The minimum Gasteiger partial charge on any atom is -0.492 e. The van der Waals surface area contributed by atoms with Gasteiger partial charge < -0.3 is 10.1 Å². The third-order valence-electron chi connectivity index (χ3n) is 2.68. The van der Waals surface area contributed by atoms with E-state index in [1.807, 2.05) is 6.07 Å². The molecule has 0 aliphatic rings. The van der Waals surface area contributed by atoms with Gasteiger partial charge in [-0.15, -0.1) is 11.3 Å². The molecule has 2 rings (SSSR count). The number of ether oxygens (including phenoxy) is 1. The zero-order chi connectivity index (χ0) is 13.7. The predicted molar refractivity (Wildman–Crippen MR) is 77.6 cm³/mol. The highest BCUT2D eigenvalue weighted by molar-refractivity contribution is 7.10. The SMILES string of the molecule is CC(NCCOc1ccc(F)c(Cl)c1)c1cccs1. The molecule has 0 spiro atoms. The van der Waals surface area contributed by atoms with Crippen LogP contribution in [0, 0.1) is 5.82 Å². The monoisotopic (exact) mass is 299 g/mol. The van der Waals surface area contributed by atoms with Crippen molar-refractivity contribution in [1.82, 2.24) is 5.32 Å². The number of hydrogen-bond acceptors (Lipinski definition) is 3. The van der Waals surface area contributed by atoms with Gasteiger partial charge in [-0.3, -0.25) is 0 Å².